The maximum absolute atomic E-state index is 5.87. The lowest BCUT2D eigenvalue weighted by Gasteiger charge is -2.11. The minimum absolute atomic E-state index is 0.541. The smallest absolute Gasteiger partial charge is 0.233 e. The van der Waals surface area contributed by atoms with E-state index in [-0.39, 0.29) is 0 Å². The molecule has 1 aromatic carbocycles. The molecule has 2 aromatic rings. The molecule has 0 fully saturated rings. The zero-order valence-electron chi connectivity index (χ0n) is 9.70. The highest BCUT2D eigenvalue weighted by atomic mass is 79.9. The van der Waals surface area contributed by atoms with Crippen molar-refractivity contribution in [3.8, 4) is 11.6 Å². The van der Waals surface area contributed by atoms with Crippen molar-refractivity contribution in [2.75, 3.05) is 5.73 Å². The zero-order valence-corrected chi connectivity index (χ0v) is 11.3. The average Bonchev–Trinajstić information content (AvgIpc) is 2.29. The van der Waals surface area contributed by atoms with E-state index in [0.29, 0.717) is 5.88 Å². The summed E-state index contributed by atoms with van der Waals surface area (Å²) >= 11 is 3.39. The molecule has 0 bridgehead atoms. The molecule has 0 aliphatic heterocycles. The molecule has 2 N–H and O–H groups in total. The molecule has 88 valence electrons. The summed E-state index contributed by atoms with van der Waals surface area (Å²) in [7, 11) is 0. The topological polar surface area (TPSA) is 48.1 Å². The van der Waals surface area contributed by atoms with E-state index in [9.17, 15) is 0 Å². The molecule has 4 heteroatoms. The van der Waals surface area contributed by atoms with Crippen LogP contribution < -0.4 is 10.5 Å². The number of nitrogens with zero attached hydrogens (tertiary/aromatic N) is 1. The Balaban J connectivity index is 2.37. The van der Waals surface area contributed by atoms with Crippen LogP contribution in [0.25, 0.3) is 0 Å². The first-order chi connectivity index (χ1) is 8.08. The summed E-state index contributed by atoms with van der Waals surface area (Å²) in [6.45, 7) is 3.96. The summed E-state index contributed by atoms with van der Waals surface area (Å²) in [5.41, 5.74) is 8.68. The van der Waals surface area contributed by atoms with Crippen LogP contribution in [0.5, 0.6) is 11.6 Å². The Morgan fingerprint density at radius 3 is 2.71 bits per heavy atom. The predicted molar refractivity (Wildman–Crippen MR) is 72.3 cm³/mol. The first-order valence-electron chi connectivity index (χ1n) is 5.23. The third-order valence-electron chi connectivity index (χ3n) is 2.49. The second kappa shape index (κ2) is 4.75. The van der Waals surface area contributed by atoms with Crippen LogP contribution in [-0.2, 0) is 0 Å². The van der Waals surface area contributed by atoms with E-state index in [0.717, 1.165) is 27.0 Å². The number of pyridine rings is 1. The first kappa shape index (κ1) is 11.9. The summed E-state index contributed by atoms with van der Waals surface area (Å²) in [5, 5.41) is 0. The van der Waals surface area contributed by atoms with Crippen LogP contribution >= 0.6 is 15.9 Å². The lowest BCUT2D eigenvalue weighted by Crippen LogP contribution is -1.95. The average molecular weight is 293 g/mol. The van der Waals surface area contributed by atoms with Crippen molar-refractivity contribution in [3.63, 3.8) is 0 Å². The molecule has 0 atom stereocenters. The fraction of sp³-hybridized carbons (Fsp3) is 0.154. The molecule has 0 aliphatic carbocycles. The van der Waals surface area contributed by atoms with Crippen molar-refractivity contribution in [2.45, 2.75) is 13.8 Å². The van der Waals surface area contributed by atoms with Crippen LogP contribution in [0.15, 0.2) is 34.9 Å². The van der Waals surface area contributed by atoms with Gasteiger partial charge in [0.2, 0.25) is 5.88 Å². The van der Waals surface area contributed by atoms with Crippen molar-refractivity contribution in [1.82, 2.24) is 4.98 Å². The second-order valence-electron chi connectivity index (χ2n) is 3.87. The van der Waals surface area contributed by atoms with Gasteiger partial charge in [0.15, 0.2) is 0 Å². The van der Waals surface area contributed by atoms with Crippen LogP contribution in [0.3, 0.4) is 0 Å². The van der Waals surface area contributed by atoms with Gasteiger partial charge < -0.3 is 10.5 Å². The van der Waals surface area contributed by atoms with E-state index in [2.05, 4.69) is 20.9 Å². The monoisotopic (exact) mass is 292 g/mol. The Labute approximate surface area is 109 Å². The molecular weight excluding hydrogens is 280 g/mol. The van der Waals surface area contributed by atoms with Gasteiger partial charge in [0, 0.05) is 18.0 Å². The number of hydrogen-bond donors (Lipinski definition) is 1. The maximum atomic E-state index is 5.87. The van der Waals surface area contributed by atoms with Gasteiger partial charge in [0.25, 0.3) is 0 Å². The van der Waals surface area contributed by atoms with Crippen molar-refractivity contribution in [2.24, 2.45) is 0 Å². The van der Waals surface area contributed by atoms with E-state index in [1.165, 1.54) is 0 Å². The van der Waals surface area contributed by atoms with E-state index in [4.69, 9.17) is 10.5 Å². The quantitative estimate of drug-likeness (QED) is 0.856. The van der Waals surface area contributed by atoms with Gasteiger partial charge in [-0.3, -0.25) is 0 Å². The van der Waals surface area contributed by atoms with Gasteiger partial charge in [-0.15, -0.1) is 0 Å². The fourth-order valence-corrected chi connectivity index (χ4v) is 1.84. The third-order valence-corrected chi connectivity index (χ3v) is 3.10. The number of benzene rings is 1. The van der Waals surface area contributed by atoms with Crippen LogP contribution in [0.2, 0.25) is 0 Å². The van der Waals surface area contributed by atoms with Crippen LogP contribution in [0, 0.1) is 13.8 Å². The summed E-state index contributed by atoms with van der Waals surface area (Å²) in [5.74, 6) is 1.27. The molecule has 2 rings (SSSR count). The molecule has 0 saturated carbocycles. The van der Waals surface area contributed by atoms with Crippen molar-refractivity contribution >= 4 is 21.6 Å². The second-order valence-corrected chi connectivity index (χ2v) is 4.72. The van der Waals surface area contributed by atoms with Crippen LogP contribution in [0.4, 0.5) is 5.69 Å². The molecule has 0 spiro atoms. The lowest BCUT2D eigenvalue weighted by atomic mass is 10.1. The number of aryl methyl sites for hydroxylation is 2. The molecule has 0 unspecified atom stereocenters. The van der Waals surface area contributed by atoms with E-state index in [1.807, 2.05) is 38.1 Å². The van der Waals surface area contributed by atoms with Gasteiger partial charge in [-0.25, -0.2) is 4.98 Å². The summed E-state index contributed by atoms with van der Waals surface area (Å²) in [6.07, 6.45) is 1.69. The molecule has 0 amide bonds. The van der Waals surface area contributed by atoms with Gasteiger partial charge in [0.1, 0.15) is 5.75 Å². The standard InChI is InChI=1S/C13H13BrN2O/c1-8-6-9(2)12(7-11(8)15)17-13-10(14)4-3-5-16-13/h3-7H,15H2,1-2H3. The maximum Gasteiger partial charge on any atom is 0.233 e. The summed E-state index contributed by atoms with van der Waals surface area (Å²) in [4.78, 5) is 4.16. The largest absolute Gasteiger partial charge is 0.438 e. The van der Waals surface area contributed by atoms with Crippen LogP contribution in [-0.4, -0.2) is 4.98 Å². The Morgan fingerprint density at radius 2 is 2.00 bits per heavy atom. The molecular formula is C13H13BrN2O. The summed E-state index contributed by atoms with van der Waals surface area (Å²) in [6, 6.07) is 7.55. The first-order valence-corrected chi connectivity index (χ1v) is 6.02. The number of aromatic nitrogens is 1. The minimum Gasteiger partial charge on any atom is -0.438 e. The van der Waals surface area contributed by atoms with Crippen molar-refractivity contribution in [3.05, 3.63) is 46.1 Å². The van der Waals surface area contributed by atoms with Crippen molar-refractivity contribution < 1.29 is 4.74 Å². The van der Waals surface area contributed by atoms with Crippen molar-refractivity contribution in [1.29, 1.82) is 0 Å². The lowest BCUT2D eigenvalue weighted by molar-refractivity contribution is 0.456. The number of rotatable bonds is 2. The highest BCUT2D eigenvalue weighted by Crippen LogP contribution is 2.31. The SMILES string of the molecule is Cc1cc(C)c(Oc2ncccc2Br)cc1N. The molecule has 17 heavy (non-hydrogen) atoms. The van der Waals surface area contributed by atoms with E-state index in [1.54, 1.807) is 6.20 Å². The molecule has 0 radical (unpaired) electrons. The Hall–Kier alpha value is -1.55. The van der Waals surface area contributed by atoms with Crippen LogP contribution in [0.1, 0.15) is 11.1 Å². The van der Waals surface area contributed by atoms with Gasteiger partial charge >= 0.3 is 0 Å². The number of anilines is 1. The highest BCUT2D eigenvalue weighted by molar-refractivity contribution is 9.10. The number of ether oxygens (including phenoxy) is 1. The van der Waals surface area contributed by atoms with E-state index >= 15 is 0 Å². The Kier molecular flexibility index (Phi) is 3.33. The molecule has 0 aliphatic rings. The van der Waals surface area contributed by atoms with Gasteiger partial charge in [-0.05, 0) is 53.0 Å². The number of halogens is 1. The molecule has 0 saturated heterocycles. The molecule has 1 aromatic heterocycles. The Morgan fingerprint density at radius 1 is 1.24 bits per heavy atom. The fourth-order valence-electron chi connectivity index (χ4n) is 1.51. The Bertz CT molecular complexity index is 555. The molecule has 3 nitrogen and oxygen atoms in total. The number of nitrogens with two attached hydrogens (primary N) is 1. The number of hydrogen-bond acceptors (Lipinski definition) is 3. The van der Waals surface area contributed by atoms with Gasteiger partial charge in [-0.1, -0.05) is 6.07 Å². The summed E-state index contributed by atoms with van der Waals surface area (Å²) < 4.78 is 6.56. The third kappa shape index (κ3) is 2.58. The normalized spacial score (nSPS) is 10.3. The number of nitrogen functional groups attached to an aromatic ring is 1. The minimum atomic E-state index is 0.541. The zero-order chi connectivity index (χ0) is 12.4. The van der Waals surface area contributed by atoms with Gasteiger partial charge in [-0.2, -0.15) is 0 Å². The molecule has 1 heterocycles. The van der Waals surface area contributed by atoms with E-state index < -0.39 is 0 Å². The highest BCUT2D eigenvalue weighted by Gasteiger charge is 2.07. The predicted octanol–water partition coefficient (Wildman–Crippen LogP) is 3.84. The van der Waals surface area contributed by atoms with Gasteiger partial charge in [0.05, 0.1) is 4.47 Å².